The number of carbonyl (C=O) groups is 2. The summed E-state index contributed by atoms with van der Waals surface area (Å²) in [5.41, 5.74) is 3.43. The van der Waals surface area contributed by atoms with Crippen molar-refractivity contribution in [3.8, 4) is 0 Å². The Morgan fingerprint density at radius 2 is 1.82 bits per heavy atom. The average molecular weight is 459 g/mol. The molecule has 33 heavy (non-hydrogen) atoms. The van der Waals surface area contributed by atoms with Crippen molar-refractivity contribution in [2.75, 3.05) is 6.54 Å². The van der Waals surface area contributed by atoms with Gasteiger partial charge in [-0.1, -0.05) is 54.2 Å². The molecule has 0 aliphatic heterocycles. The summed E-state index contributed by atoms with van der Waals surface area (Å²) in [5, 5.41) is 3.03. The van der Waals surface area contributed by atoms with Gasteiger partial charge in [-0.25, -0.2) is 0 Å². The van der Waals surface area contributed by atoms with Gasteiger partial charge in [0, 0.05) is 30.4 Å². The normalized spacial score (nSPS) is 12.6. The first-order valence-electron chi connectivity index (χ1n) is 11.0. The molecular formula is C26H26N4O2S. The summed E-state index contributed by atoms with van der Waals surface area (Å²) < 4.78 is 2.87. The van der Waals surface area contributed by atoms with Gasteiger partial charge in [-0.15, -0.1) is 0 Å². The third kappa shape index (κ3) is 5.26. The number of fused-ring (bicyclic) bond motifs is 1. The first-order chi connectivity index (χ1) is 16.1. The van der Waals surface area contributed by atoms with Crippen LogP contribution in [0.15, 0.2) is 77.9 Å². The molecule has 2 aromatic carbocycles. The lowest BCUT2D eigenvalue weighted by molar-refractivity contribution is -0.124. The van der Waals surface area contributed by atoms with Crippen molar-refractivity contribution < 1.29 is 9.59 Å². The molecule has 0 radical (unpaired) electrons. The van der Waals surface area contributed by atoms with Crippen molar-refractivity contribution in [3.05, 3.63) is 94.5 Å². The van der Waals surface area contributed by atoms with Crippen LogP contribution in [0.4, 0.5) is 0 Å². The smallest absolute Gasteiger partial charge is 0.279 e. The lowest BCUT2D eigenvalue weighted by Crippen LogP contribution is -2.37. The zero-order valence-electron chi connectivity index (χ0n) is 18.7. The zero-order valence-corrected chi connectivity index (χ0v) is 19.5. The molecule has 0 aliphatic rings. The van der Waals surface area contributed by atoms with Crippen molar-refractivity contribution in [1.29, 1.82) is 0 Å². The third-order valence-electron chi connectivity index (χ3n) is 5.44. The van der Waals surface area contributed by atoms with Gasteiger partial charge in [-0.2, -0.15) is 4.99 Å². The van der Waals surface area contributed by atoms with E-state index in [1.165, 1.54) is 11.3 Å². The van der Waals surface area contributed by atoms with E-state index in [1.807, 2.05) is 73.0 Å². The van der Waals surface area contributed by atoms with Crippen LogP contribution in [0.25, 0.3) is 10.2 Å². The van der Waals surface area contributed by atoms with E-state index in [0.29, 0.717) is 29.8 Å². The first kappa shape index (κ1) is 22.6. The van der Waals surface area contributed by atoms with Crippen LogP contribution in [0.2, 0.25) is 0 Å². The predicted molar refractivity (Wildman–Crippen MR) is 131 cm³/mol. The number of benzene rings is 2. The lowest BCUT2D eigenvalue weighted by atomic mass is 10.1. The summed E-state index contributed by atoms with van der Waals surface area (Å²) in [5.74, 6) is -0.415. The molecule has 168 valence electrons. The number of pyridine rings is 1. The predicted octanol–water partition coefficient (Wildman–Crippen LogP) is 4.46. The number of thiazole rings is 1. The number of nitrogens with one attached hydrogen (secondary N) is 1. The summed E-state index contributed by atoms with van der Waals surface area (Å²) in [6, 6.07) is 20.4. The maximum Gasteiger partial charge on any atom is 0.279 e. The van der Waals surface area contributed by atoms with E-state index in [-0.39, 0.29) is 11.8 Å². The van der Waals surface area contributed by atoms with Crippen LogP contribution in [0.5, 0.6) is 0 Å². The Balaban J connectivity index is 1.65. The summed E-state index contributed by atoms with van der Waals surface area (Å²) in [6.45, 7) is 4.43. The molecule has 2 heterocycles. The summed E-state index contributed by atoms with van der Waals surface area (Å²) in [7, 11) is 0. The Kier molecular flexibility index (Phi) is 7.10. The highest BCUT2D eigenvalue weighted by atomic mass is 32.1. The zero-order chi connectivity index (χ0) is 23.2. The second kappa shape index (κ2) is 10.4. The Morgan fingerprint density at radius 1 is 1.06 bits per heavy atom. The molecule has 0 spiro atoms. The lowest BCUT2D eigenvalue weighted by Gasteiger charge is -2.18. The fraction of sp³-hybridized carbons (Fsp3) is 0.231. The molecule has 4 rings (SSSR count). The molecule has 0 saturated heterocycles. The standard InChI is InChI=1S/C26H26N4O2S/c1-3-21(25(32)28-17-15-20-8-6-7-16-27-20)30-22-9-4-5-10-23(22)33-26(30)29-24(31)19-13-11-18(2)12-14-19/h4-14,16,21H,3,15,17H2,1-2H3,(H,28,32). The number of para-hydroxylation sites is 1. The first-order valence-corrected chi connectivity index (χ1v) is 11.8. The number of hydrogen-bond donors (Lipinski definition) is 1. The van der Waals surface area contributed by atoms with Crippen molar-refractivity contribution in [3.63, 3.8) is 0 Å². The van der Waals surface area contributed by atoms with Gasteiger partial charge in [0.1, 0.15) is 6.04 Å². The number of nitrogens with zero attached hydrogens (tertiary/aromatic N) is 3. The van der Waals surface area contributed by atoms with Crippen LogP contribution in [-0.2, 0) is 11.2 Å². The quantitative estimate of drug-likeness (QED) is 0.444. The largest absolute Gasteiger partial charge is 0.354 e. The van der Waals surface area contributed by atoms with E-state index in [9.17, 15) is 9.59 Å². The minimum atomic E-state index is -0.477. The van der Waals surface area contributed by atoms with Gasteiger partial charge in [-0.05, 0) is 49.7 Å². The number of aryl methyl sites for hydroxylation is 1. The van der Waals surface area contributed by atoms with Gasteiger partial charge in [0.2, 0.25) is 5.91 Å². The number of rotatable bonds is 7. The highest BCUT2D eigenvalue weighted by Crippen LogP contribution is 2.22. The molecule has 4 aromatic rings. The molecular weight excluding hydrogens is 432 g/mol. The Hall–Kier alpha value is -3.58. The molecule has 1 atom stereocenters. The molecule has 7 heteroatoms. The fourth-order valence-corrected chi connectivity index (χ4v) is 4.75. The van der Waals surface area contributed by atoms with E-state index in [2.05, 4.69) is 15.3 Å². The molecule has 2 aromatic heterocycles. The Bertz CT molecular complexity index is 1320. The molecule has 6 nitrogen and oxygen atoms in total. The van der Waals surface area contributed by atoms with Gasteiger partial charge >= 0.3 is 0 Å². The van der Waals surface area contributed by atoms with Gasteiger partial charge in [0.05, 0.1) is 10.2 Å². The number of amides is 2. The van der Waals surface area contributed by atoms with Gasteiger partial charge < -0.3 is 9.88 Å². The van der Waals surface area contributed by atoms with Crippen LogP contribution in [-0.4, -0.2) is 27.9 Å². The topological polar surface area (TPSA) is 76.3 Å². The van der Waals surface area contributed by atoms with Gasteiger partial charge in [-0.3, -0.25) is 14.6 Å². The minimum Gasteiger partial charge on any atom is -0.354 e. The highest BCUT2D eigenvalue weighted by molar-refractivity contribution is 7.16. The summed E-state index contributed by atoms with van der Waals surface area (Å²) in [4.78, 5) is 35.3. The van der Waals surface area contributed by atoms with Crippen LogP contribution < -0.4 is 10.1 Å². The molecule has 0 bridgehead atoms. The van der Waals surface area contributed by atoms with Gasteiger partial charge in [0.25, 0.3) is 5.91 Å². The maximum absolute atomic E-state index is 13.2. The molecule has 1 N–H and O–H groups in total. The summed E-state index contributed by atoms with van der Waals surface area (Å²) in [6.07, 6.45) is 2.97. The molecule has 1 unspecified atom stereocenters. The van der Waals surface area contributed by atoms with Crippen LogP contribution in [0.3, 0.4) is 0 Å². The maximum atomic E-state index is 13.2. The van der Waals surface area contributed by atoms with Crippen LogP contribution in [0, 0.1) is 6.92 Å². The van der Waals surface area contributed by atoms with E-state index in [4.69, 9.17) is 0 Å². The van der Waals surface area contributed by atoms with Crippen molar-refractivity contribution >= 4 is 33.4 Å². The average Bonchev–Trinajstić information content (AvgIpc) is 3.18. The van der Waals surface area contributed by atoms with Crippen LogP contribution >= 0.6 is 11.3 Å². The monoisotopic (exact) mass is 458 g/mol. The molecule has 0 aliphatic carbocycles. The van der Waals surface area contributed by atoms with Crippen molar-refractivity contribution in [2.45, 2.75) is 32.7 Å². The highest BCUT2D eigenvalue weighted by Gasteiger charge is 2.22. The van der Waals surface area contributed by atoms with E-state index in [1.54, 1.807) is 18.3 Å². The SMILES string of the molecule is CCC(C(=O)NCCc1ccccn1)n1c(=NC(=O)c2ccc(C)cc2)sc2ccccc21. The van der Waals surface area contributed by atoms with E-state index >= 15 is 0 Å². The second-order valence-electron chi connectivity index (χ2n) is 7.79. The van der Waals surface area contributed by atoms with Crippen molar-refractivity contribution in [2.24, 2.45) is 4.99 Å². The van der Waals surface area contributed by atoms with Crippen molar-refractivity contribution in [1.82, 2.24) is 14.9 Å². The Morgan fingerprint density at radius 3 is 2.55 bits per heavy atom. The Labute approximate surface area is 196 Å². The number of aromatic nitrogens is 2. The molecule has 0 fully saturated rings. The van der Waals surface area contributed by atoms with Gasteiger partial charge in [0.15, 0.2) is 4.80 Å². The van der Waals surface area contributed by atoms with E-state index < -0.39 is 6.04 Å². The minimum absolute atomic E-state index is 0.0961. The number of hydrogen-bond acceptors (Lipinski definition) is 4. The second-order valence-corrected chi connectivity index (χ2v) is 8.80. The third-order valence-corrected chi connectivity index (χ3v) is 6.47. The number of carbonyl (C=O) groups excluding carboxylic acids is 2. The molecule has 2 amide bonds. The van der Waals surface area contributed by atoms with Crippen LogP contribution in [0.1, 0.15) is 41.0 Å². The molecule has 0 saturated carbocycles. The summed E-state index contributed by atoms with van der Waals surface area (Å²) >= 11 is 1.42. The van der Waals surface area contributed by atoms with E-state index in [0.717, 1.165) is 21.5 Å². The fourth-order valence-electron chi connectivity index (χ4n) is 3.68.